The van der Waals surface area contributed by atoms with Crippen molar-refractivity contribution in [1.29, 1.82) is 0 Å². The lowest BCUT2D eigenvalue weighted by molar-refractivity contribution is 0.101. The number of carbonyl (C=O) groups is 1. The van der Waals surface area contributed by atoms with Crippen LogP contribution >= 0.6 is 0 Å². The van der Waals surface area contributed by atoms with E-state index in [9.17, 15) is 14.0 Å². The maximum atomic E-state index is 12.8. The maximum Gasteiger partial charge on any atom is 0.348 e. The van der Waals surface area contributed by atoms with Gasteiger partial charge in [0, 0.05) is 5.69 Å². The standard InChI is InChI=1S/C15H11FN4O2/c16-10-6-8-11(9-7-10)17-14(21)13-18-15(22)20(19-13)12-4-2-1-3-5-12/h1-9H,(H,17,21)(H,18,19,22). The Kier molecular flexibility index (Phi) is 3.53. The van der Waals surface area contributed by atoms with Gasteiger partial charge in [-0.1, -0.05) is 18.2 Å². The minimum absolute atomic E-state index is 0.127. The first-order valence-electron chi connectivity index (χ1n) is 6.45. The highest BCUT2D eigenvalue weighted by Gasteiger charge is 2.14. The Morgan fingerprint density at radius 1 is 1.09 bits per heavy atom. The Labute approximate surface area is 124 Å². The maximum absolute atomic E-state index is 12.8. The number of H-pyrrole nitrogens is 1. The Hall–Kier alpha value is -3.22. The lowest BCUT2D eigenvalue weighted by atomic mass is 10.3. The van der Waals surface area contributed by atoms with Crippen LogP contribution in [0.25, 0.3) is 5.69 Å². The van der Waals surface area contributed by atoms with Crippen LogP contribution in [0.5, 0.6) is 0 Å². The molecule has 0 aliphatic heterocycles. The van der Waals surface area contributed by atoms with Crippen LogP contribution in [-0.4, -0.2) is 20.7 Å². The van der Waals surface area contributed by atoms with E-state index in [-0.39, 0.29) is 5.82 Å². The first-order valence-corrected chi connectivity index (χ1v) is 6.45. The molecule has 2 aromatic carbocycles. The molecule has 0 saturated carbocycles. The average molecular weight is 298 g/mol. The zero-order chi connectivity index (χ0) is 15.5. The Bertz CT molecular complexity index is 853. The van der Waals surface area contributed by atoms with Crippen molar-refractivity contribution in [3.8, 4) is 5.69 Å². The molecule has 0 spiro atoms. The van der Waals surface area contributed by atoms with E-state index in [1.165, 1.54) is 24.3 Å². The summed E-state index contributed by atoms with van der Waals surface area (Å²) in [6, 6.07) is 14.0. The fourth-order valence-corrected chi connectivity index (χ4v) is 1.89. The van der Waals surface area contributed by atoms with Crippen molar-refractivity contribution in [2.75, 3.05) is 5.32 Å². The molecule has 1 aromatic heterocycles. The highest BCUT2D eigenvalue weighted by molar-refractivity contribution is 6.01. The van der Waals surface area contributed by atoms with Gasteiger partial charge in [-0.2, -0.15) is 4.68 Å². The van der Waals surface area contributed by atoms with E-state index in [0.29, 0.717) is 11.4 Å². The fraction of sp³-hybridized carbons (Fsp3) is 0. The van der Waals surface area contributed by atoms with Gasteiger partial charge in [0.1, 0.15) is 5.82 Å². The molecule has 0 unspecified atom stereocenters. The Morgan fingerprint density at radius 2 is 1.77 bits per heavy atom. The minimum Gasteiger partial charge on any atom is -0.319 e. The summed E-state index contributed by atoms with van der Waals surface area (Å²) in [4.78, 5) is 26.3. The number of halogens is 1. The van der Waals surface area contributed by atoms with Crippen molar-refractivity contribution in [2.24, 2.45) is 0 Å². The van der Waals surface area contributed by atoms with Crippen molar-refractivity contribution in [2.45, 2.75) is 0 Å². The molecule has 0 saturated heterocycles. The second-order valence-corrected chi connectivity index (χ2v) is 4.49. The predicted molar refractivity (Wildman–Crippen MR) is 78.5 cm³/mol. The summed E-state index contributed by atoms with van der Waals surface area (Å²) in [6.07, 6.45) is 0. The molecule has 3 aromatic rings. The summed E-state index contributed by atoms with van der Waals surface area (Å²) in [7, 11) is 0. The number of rotatable bonds is 3. The molecule has 0 atom stereocenters. The summed E-state index contributed by atoms with van der Waals surface area (Å²) in [5, 5.41) is 6.48. The van der Waals surface area contributed by atoms with Crippen LogP contribution in [0.1, 0.15) is 10.6 Å². The highest BCUT2D eigenvalue weighted by atomic mass is 19.1. The number of nitrogens with one attached hydrogen (secondary N) is 2. The second kappa shape index (κ2) is 5.65. The molecular weight excluding hydrogens is 287 g/mol. The minimum atomic E-state index is -0.585. The summed E-state index contributed by atoms with van der Waals surface area (Å²) < 4.78 is 13.9. The molecule has 0 aliphatic carbocycles. The smallest absolute Gasteiger partial charge is 0.319 e. The van der Waals surface area contributed by atoms with Gasteiger partial charge < -0.3 is 5.32 Å². The van der Waals surface area contributed by atoms with E-state index in [1.54, 1.807) is 24.3 Å². The summed E-state index contributed by atoms with van der Waals surface area (Å²) >= 11 is 0. The van der Waals surface area contributed by atoms with Gasteiger partial charge in [-0.25, -0.2) is 9.18 Å². The van der Waals surface area contributed by atoms with Crippen molar-refractivity contribution in [3.05, 3.63) is 76.7 Å². The first-order chi connectivity index (χ1) is 10.6. The number of benzene rings is 2. The lowest BCUT2D eigenvalue weighted by Crippen LogP contribution is -2.15. The molecule has 7 heteroatoms. The number of hydrogen-bond donors (Lipinski definition) is 2. The molecule has 0 fully saturated rings. The van der Waals surface area contributed by atoms with Gasteiger partial charge in [0.25, 0.3) is 5.91 Å². The van der Waals surface area contributed by atoms with E-state index in [2.05, 4.69) is 15.4 Å². The lowest BCUT2D eigenvalue weighted by Gasteiger charge is -2.02. The van der Waals surface area contributed by atoms with Crippen molar-refractivity contribution < 1.29 is 9.18 Å². The predicted octanol–water partition coefficient (Wildman–Crippen LogP) is 1.95. The number of aromatic amines is 1. The van der Waals surface area contributed by atoms with E-state index < -0.39 is 17.4 Å². The van der Waals surface area contributed by atoms with Crippen molar-refractivity contribution in [3.63, 3.8) is 0 Å². The normalized spacial score (nSPS) is 10.4. The average Bonchev–Trinajstić information content (AvgIpc) is 2.92. The van der Waals surface area contributed by atoms with Gasteiger partial charge in [-0.3, -0.25) is 9.78 Å². The van der Waals surface area contributed by atoms with Crippen LogP contribution in [0.3, 0.4) is 0 Å². The highest BCUT2D eigenvalue weighted by Crippen LogP contribution is 2.09. The number of amides is 1. The zero-order valence-electron chi connectivity index (χ0n) is 11.3. The molecule has 22 heavy (non-hydrogen) atoms. The molecule has 1 heterocycles. The molecular formula is C15H11FN4O2. The Morgan fingerprint density at radius 3 is 2.45 bits per heavy atom. The van der Waals surface area contributed by atoms with Gasteiger partial charge in [-0.15, -0.1) is 5.10 Å². The third kappa shape index (κ3) is 2.78. The largest absolute Gasteiger partial charge is 0.348 e. The van der Waals surface area contributed by atoms with E-state index in [1.807, 2.05) is 6.07 Å². The Balaban J connectivity index is 1.85. The molecule has 3 rings (SSSR count). The molecule has 6 nitrogen and oxygen atoms in total. The number of nitrogens with zero attached hydrogens (tertiary/aromatic N) is 2. The SMILES string of the molecule is O=C(Nc1ccc(F)cc1)c1nn(-c2ccccc2)c(=O)[nH]1. The third-order valence-electron chi connectivity index (χ3n) is 2.94. The zero-order valence-corrected chi connectivity index (χ0v) is 11.3. The molecule has 110 valence electrons. The molecule has 1 amide bonds. The summed E-state index contributed by atoms with van der Waals surface area (Å²) in [5.74, 6) is -1.11. The van der Waals surface area contributed by atoms with E-state index in [4.69, 9.17) is 0 Å². The number of para-hydroxylation sites is 1. The van der Waals surface area contributed by atoms with Gasteiger partial charge in [0.2, 0.25) is 5.82 Å². The summed E-state index contributed by atoms with van der Waals surface area (Å²) in [6.45, 7) is 0. The number of hydrogen-bond acceptors (Lipinski definition) is 3. The monoisotopic (exact) mass is 298 g/mol. The molecule has 0 bridgehead atoms. The van der Waals surface area contributed by atoms with Crippen molar-refractivity contribution >= 4 is 11.6 Å². The van der Waals surface area contributed by atoms with Crippen LogP contribution in [-0.2, 0) is 0 Å². The van der Waals surface area contributed by atoms with E-state index >= 15 is 0 Å². The second-order valence-electron chi connectivity index (χ2n) is 4.49. The quantitative estimate of drug-likeness (QED) is 0.775. The van der Waals surface area contributed by atoms with Crippen LogP contribution < -0.4 is 11.0 Å². The first kappa shape index (κ1) is 13.7. The van der Waals surface area contributed by atoms with Crippen LogP contribution in [0, 0.1) is 5.82 Å². The van der Waals surface area contributed by atoms with Crippen molar-refractivity contribution in [1.82, 2.24) is 14.8 Å². The van der Waals surface area contributed by atoms with Gasteiger partial charge in [-0.05, 0) is 36.4 Å². The molecule has 2 N–H and O–H groups in total. The topological polar surface area (TPSA) is 79.8 Å². The van der Waals surface area contributed by atoms with Gasteiger partial charge >= 0.3 is 5.69 Å². The number of anilines is 1. The van der Waals surface area contributed by atoms with Crippen LogP contribution in [0.4, 0.5) is 10.1 Å². The number of carbonyl (C=O) groups excluding carboxylic acids is 1. The molecule has 0 radical (unpaired) electrons. The van der Waals surface area contributed by atoms with E-state index in [0.717, 1.165) is 4.68 Å². The number of aromatic nitrogens is 3. The third-order valence-corrected chi connectivity index (χ3v) is 2.94. The molecule has 0 aliphatic rings. The fourth-order valence-electron chi connectivity index (χ4n) is 1.89. The van der Waals surface area contributed by atoms with Crippen LogP contribution in [0.15, 0.2) is 59.4 Å². The van der Waals surface area contributed by atoms with Crippen LogP contribution in [0.2, 0.25) is 0 Å². The van der Waals surface area contributed by atoms with Gasteiger partial charge in [0.05, 0.1) is 5.69 Å². The summed E-state index contributed by atoms with van der Waals surface area (Å²) in [5.41, 5.74) is 0.432. The van der Waals surface area contributed by atoms with Gasteiger partial charge in [0.15, 0.2) is 0 Å².